The van der Waals surface area contributed by atoms with Crippen LogP contribution in [0, 0.1) is 5.92 Å². The SMILES string of the molecule is CN1C(=O)c2cc(NC(=O)C3CCC3)ccc2OC[C@@H]2O[C@H](CC(=O)NCCc3ccncc3)CC[C@@H]21. The van der Waals surface area contributed by atoms with Crippen LogP contribution in [-0.2, 0) is 20.7 Å². The van der Waals surface area contributed by atoms with E-state index in [0.29, 0.717) is 30.0 Å². The van der Waals surface area contributed by atoms with Crippen molar-refractivity contribution in [3.63, 3.8) is 0 Å². The third-order valence-corrected chi connectivity index (χ3v) is 7.65. The average molecular weight is 507 g/mol. The second-order valence-corrected chi connectivity index (χ2v) is 10.2. The number of benzene rings is 1. The Hall–Kier alpha value is -3.46. The summed E-state index contributed by atoms with van der Waals surface area (Å²) in [4.78, 5) is 44.0. The zero-order valence-corrected chi connectivity index (χ0v) is 21.2. The van der Waals surface area contributed by atoms with Crippen LogP contribution in [0.3, 0.4) is 0 Å². The summed E-state index contributed by atoms with van der Waals surface area (Å²) in [7, 11) is 1.78. The number of carbonyl (C=O) groups excluding carboxylic acids is 3. The molecule has 0 radical (unpaired) electrons. The van der Waals surface area contributed by atoms with E-state index in [0.717, 1.165) is 37.7 Å². The second kappa shape index (κ2) is 11.3. The van der Waals surface area contributed by atoms with Gasteiger partial charge in [-0.05, 0) is 68.0 Å². The lowest BCUT2D eigenvalue weighted by atomic mass is 9.85. The van der Waals surface area contributed by atoms with Crippen LogP contribution in [0.1, 0.15) is 54.4 Å². The van der Waals surface area contributed by atoms with Crippen molar-refractivity contribution in [1.82, 2.24) is 15.2 Å². The highest BCUT2D eigenvalue weighted by Gasteiger charge is 2.39. The number of hydrogen-bond acceptors (Lipinski definition) is 6. The predicted octanol–water partition coefficient (Wildman–Crippen LogP) is 2.95. The minimum Gasteiger partial charge on any atom is -0.490 e. The molecule has 2 aromatic rings. The molecule has 1 saturated heterocycles. The number of pyridine rings is 1. The Morgan fingerprint density at radius 1 is 1.11 bits per heavy atom. The van der Waals surface area contributed by atoms with Gasteiger partial charge >= 0.3 is 0 Å². The van der Waals surface area contributed by atoms with E-state index in [2.05, 4.69) is 15.6 Å². The molecule has 0 bridgehead atoms. The Balaban J connectivity index is 1.17. The third kappa shape index (κ3) is 5.93. The lowest BCUT2D eigenvalue weighted by Crippen LogP contribution is -2.54. The summed E-state index contributed by atoms with van der Waals surface area (Å²) in [6.45, 7) is 0.838. The number of carbonyl (C=O) groups is 3. The van der Waals surface area contributed by atoms with Gasteiger partial charge in [-0.1, -0.05) is 6.42 Å². The standard InChI is InChI=1S/C28H34N4O5/c1-32-23-7-6-21(16-26(33)30-14-11-18-9-12-29-13-10-18)37-25(23)17-36-24-8-5-20(15-22(24)28(32)35)31-27(34)19-3-2-4-19/h5,8-10,12-13,15,19,21,23,25H,2-4,6-7,11,14,16-17H2,1H3,(H,30,33)(H,31,34)/t21-,23-,25-/m0/s1. The van der Waals surface area contributed by atoms with E-state index < -0.39 is 0 Å². The molecule has 2 N–H and O–H groups in total. The molecule has 3 aliphatic rings. The monoisotopic (exact) mass is 506 g/mol. The lowest BCUT2D eigenvalue weighted by Gasteiger charge is -2.42. The number of fused-ring (bicyclic) bond motifs is 2. The summed E-state index contributed by atoms with van der Waals surface area (Å²) in [6, 6.07) is 8.92. The minimum absolute atomic E-state index is 0.00644. The molecular formula is C28H34N4O5. The first-order valence-corrected chi connectivity index (χ1v) is 13.1. The Labute approximate surface area is 216 Å². The van der Waals surface area contributed by atoms with E-state index >= 15 is 0 Å². The Bertz CT molecular complexity index is 1140. The van der Waals surface area contributed by atoms with E-state index in [-0.39, 0.29) is 54.9 Å². The number of rotatable bonds is 7. The average Bonchev–Trinajstić information content (AvgIpc) is 2.86. The zero-order valence-electron chi connectivity index (χ0n) is 21.2. The number of nitrogens with one attached hydrogen (secondary N) is 2. The molecular weight excluding hydrogens is 472 g/mol. The molecule has 1 aliphatic carbocycles. The van der Waals surface area contributed by atoms with Crippen molar-refractivity contribution in [2.24, 2.45) is 5.92 Å². The smallest absolute Gasteiger partial charge is 0.257 e. The molecule has 1 aromatic carbocycles. The topological polar surface area (TPSA) is 110 Å². The summed E-state index contributed by atoms with van der Waals surface area (Å²) in [5.41, 5.74) is 2.16. The fraction of sp³-hybridized carbons (Fsp3) is 0.500. The van der Waals surface area contributed by atoms with Crippen LogP contribution in [0.4, 0.5) is 5.69 Å². The number of amides is 3. The molecule has 37 heavy (non-hydrogen) atoms. The van der Waals surface area contributed by atoms with Crippen molar-refractivity contribution < 1.29 is 23.9 Å². The highest BCUT2D eigenvalue weighted by molar-refractivity contribution is 6.00. The highest BCUT2D eigenvalue weighted by Crippen LogP contribution is 2.33. The first-order chi connectivity index (χ1) is 18.0. The van der Waals surface area contributed by atoms with Crippen LogP contribution < -0.4 is 15.4 Å². The van der Waals surface area contributed by atoms with Crippen molar-refractivity contribution in [3.8, 4) is 5.75 Å². The van der Waals surface area contributed by atoms with Gasteiger partial charge in [0, 0.05) is 37.6 Å². The maximum atomic E-state index is 13.4. The van der Waals surface area contributed by atoms with Crippen LogP contribution in [-0.4, -0.2) is 66.1 Å². The number of likely N-dealkylation sites (N-methyl/N-ethyl adjacent to an activating group) is 1. The fourth-order valence-electron chi connectivity index (χ4n) is 5.19. The van der Waals surface area contributed by atoms with Crippen molar-refractivity contribution in [2.45, 2.75) is 63.2 Å². The molecule has 9 nitrogen and oxygen atoms in total. The molecule has 9 heteroatoms. The molecule has 3 atom stereocenters. The Kier molecular flexibility index (Phi) is 7.69. The molecule has 3 amide bonds. The van der Waals surface area contributed by atoms with Gasteiger partial charge in [0.15, 0.2) is 0 Å². The minimum atomic E-state index is -0.330. The van der Waals surface area contributed by atoms with Crippen molar-refractivity contribution in [1.29, 1.82) is 0 Å². The Morgan fingerprint density at radius 3 is 2.68 bits per heavy atom. The normalized spacial score (nSPS) is 23.4. The molecule has 0 spiro atoms. The van der Waals surface area contributed by atoms with Gasteiger partial charge < -0.3 is 25.0 Å². The predicted molar refractivity (Wildman–Crippen MR) is 137 cm³/mol. The van der Waals surface area contributed by atoms with Gasteiger partial charge in [-0.25, -0.2) is 0 Å². The molecule has 5 rings (SSSR count). The van der Waals surface area contributed by atoms with Crippen LogP contribution in [0.5, 0.6) is 5.75 Å². The van der Waals surface area contributed by atoms with Crippen LogP contribution in [0.2, 0.25) is 0 Å². The third-order valence-electron chi connectivity index (χ3n) is 7.65. The lowest BCUT2D eigenvalue weighted by molar-refractivity contribution is -0.134. The second-order valence-electron chi connectivity index (χ2n) is 10.2. The van der Waals surface area contributed by atoms with Crippen molar-refractivity contribution >= 4 is 23.4 Å². The van der Waals surface area contributed by atoms with Crippen LogP contribution in [0.15, 0.2) is 42.7 Å². The van der Waals surface area contributed by atoms with Gasteiger partial charge in [0.2, 0.25) is 11.8 Å². The maximum absolute atomic E-state index is 13.4. The summed E-state index contributed by atoms with van der Waals surface area (Å²) in [5.74, 6) is 0.326. The number of aromatic nitrogens is 1. The first-order valence-electron chi connectivity index (χ1n) is 13.1. The molecule has 196 valence electrons. The van der Waals surface area contributed by atoms with Crippen LogP contribution >= 0.6 is 0 Å². The zero-order chi connectivity index (χ0) is 25.8. The van der Waals surface area contributed by atoms with E-state index in [1.54, 1.807) is 42.5 Å². The number of anilines is 1. The van der Waals surface area contributed by atoms with Gasteiger partial charge in [0.05, 0.1) is 24.1 Å². The quantitative estimate of drug-likeness (QED) is 0.598. The molecule has 1 aromatic heterocycles. The molecule has 2 fully saturated rings. The summed E-state index contributed by atoms with van der Waals surface area (Å²) >= 11 is 0. The van der Waals surface area contributed by atoms with E-state index in [9.17, 15) is 14.4 Å². The highest BCUT2D eigenvalue weighted by atomic mass is 16.5. The van der Waals surface area contributed by atoms with Gasteiger partial charge in [-0.15, -0.1) is 0 Å². The number of nitrogens with zero attached hydrogens (tertiary/aromatic N) is 2. The first kappa shape index (κ1) is 25.2. The molecule has 3 heterocycles. The van der Waals surface area contributed by atoms with Crippen LogP contribution in [0.25, 0.3) is 0 Å². The fourth-order valence-corrected chi connectivity index (χ4v) is 5.19. The van der Waals surface area contributed by atoms with Gasteiger partial charge in [0.25, 0.3) is 5.91 Å². The number of ether oxygens (including phenoxy) is 2. The number of hydrogen-bond donors (Lipinski definition) is 2. The van der Waals surface area contributed by atoms with Gasteiger partial charge in [0.1, 0.15) is 18.5 Å². The van der Waals surface area contributed by atoms with E-state index in [1.165, 1.54) is 0 Å². The van der Waals surface area contributed by atoms with Crippen molar-refractivity contribution in [2.75, 3.05) is 25.5 Å². The summed E-state index contributed by atoms with van der Waals surface area (Å²) < 4.78 is 12.3. The largest absolute Gasteiger partial charge is 0.490 e. The van der Waals surface area contributed by atoms with Crippen molar-refractivity contribution in [3.05, 3.63) is 53.9 Å². The van der Waals surface area contributed by atoms with Gasteiger partial charge in [-0.3, -0.25) is 19.4 Å². The summed E-state index contributed by atoms with van der Waals surface area (Å²) in [6.07, 6.45) is 8.27. The van der Waals surface area contributed by atoms with E-state index in [4.69, 9.17) is 9.47 Å². The summed E-state index contributed by atoms with van der Waals surface area (Å²) in [5, 5.41) is 5.91. The molecule has 2 aliphatic heterocycles. The van der Waals surface area contributed by atoms with Gasteiger partial charge in [-0.2, -0.15) is 0 Å². The maximum Gasteiger partial charge on any atom is 0.257 e. The molecule has 0 unspecified atom stereocenters. The molecule has 1 saturated carbocycles. The van der Waals surface area contributed by atoms with E-state index in [1.807, 2.05) is 12.1 Å². The Morgan fingerprint density at radius 2 is 1.92 bits per heavy atom.